The Bertz CT molecular complexity index is 1620. The number of benzene rings is 2. The molecule has 0 saturated heterocycles. The molecule has 8 nitrogen and oxygen atoms in total. The van der Waals surface area contributed by atoms with Crippen molar-refractivity contribution in [2.45, 2.75) is 52.6 Å². The molecular weight excluding hydrogens is 498 g/mol. The molecule has 194 valence electrons. The lowest BCUT2D eigenvalue weighted by Gasteiger charge is -2.23. The summed E-state index contributed by atoms with van der Waals surface area (Å²) in [4.78, 5) is 17.3. The molecule has 0 radical (unpaired) electrons. The Morgan fingerprint density at radius 1 is 1.32 bits per heavy atom. The average Bonchev–Trinajstić information content (AvgIpc) is 3.61. The lowest BCUT2D eigenvalue weighted by atomic mass is 9.96. The normalized spacial score (nSPS) is 15.4. The van der Waals surface area contributed by atoms with Crippen molar-refractivity contribution in [2.24, 2.45) is 5.41 Å². The van der Waals surface area contributed by atoms with Gasteiger partial charge in [-0.25, -0.2) is 4.68 Å². The predicted octanol–water partition coefficient (Wildman–Crippen LogP) is 6.55. The number of fused-ring (bicyclic) bond motifs is 1. The Hall–Kier alpha value is -3.96. The van der Waals surface area contributed by atoms with Crippen LogP contribution in [0.4, 0.5) is 11.4 Å². The number of carbonyl (C=O) groups excluding carboxylic acids is 1. The van der Waals surface area contributed by atoms with Crippen molar-refractivity contribution in [2.75, 3.05) is 17.2 Å². The molecule has 2 N–H and O–H groups in total. The highest BCUT2D eigenvalue weighted by molar-refractivity contribution is 6.31. The number of ketones is 1. The molecule has 1 aliphatic carbocycles. The highest BCUT2D eigenvalue weighted by atomic mass is 35.5. The van der Waals surface area contributed by atoms with Gasteiger partial charge in [0.25, 0.3) is 0 Å². The summed E-state index contributed by atoms with van der Waals surface area (Å²) in [5.41, 5.74) is 3.12. The standard InChI is InChI=1S/C29H30ClN7O/c1-17(38)22-11-19(12-23-26(33-16-29(2,3)4)18(13-31)14-32-27(22)23)34-28(21-7-5-6-8-24(21)30)25-15-37(36-35-25)20-9-10-20/h5-8,11-12,14-15,20,28,34H,9-10,16H2,1-4H3,(H,32,33)/i28D. The summed E-state index contributed by atoms with van der Waals surface area (Å²) in [6.45, 7) is 8.35. The van der Waals surface area contributed by atoms with Crippen LogP contribution in [0.5, 0.6) is 0 Å². The smallest absolute Gasteiger partial charge is 0.162 e. The quantitative estimate of drug-likeness (QED) is 0.250. The van der Waals surface area contributed by atoms with Crippen molar-refractivity contribution < 1.29 is 6.17 Å². The number of hydrogen-bond acceptors (Lipinski definition) is 7. The number of pyridine rings is 1. The van der Waals surface area contributed by atoms with Crippen LogP contribution in [0.1, 0.15) is 81.1 Å². The minimum atomic E-state index is -1.62. The van der Waals surface area contributed by atoms with Crippen LogP contribution in [0.25, 0.3) is 10.9 Å². The average molecular weight is 529 g/mol. The molecule has 1 unspecified atom stereocenters. The zero-order valence-electron chi connectivity index (χ0n) is 22.8. The van der Waals surface area contributed by atoms with Crippen LogP contribution in [0.15, 0.2) is 48.8 Å². The number of nitrogens with one attached hydrogen (secondary N) is 2. The fourth-order valence-electron chi connectivity index (χ4n) is 4.26. The second-order valence-corrected chi connectivity index (χ2v) is 11.3. The van der Waals surface area contributed by atoms with E-state index in [1.807, 2.05) is 12.1 Å². The number of nitriles is 1. The molecular formula is C29H30ClN7O. The van der Waals surface area contributed by atoms with Crippen LogP contribution in [0.3, 0.4) is 0 Å². The minimum absolute atomic E-state index is 0.0602. The predicted molar refractivity (Wildman–Crippen MR) is 150 cm³/mol. The lowest BCUT2D eigenvalue weighted by molar-refractivity contribution is 0.101. The first kappa shape index (κ1) is 24.4. The zero-order valence-corrected chi connectivity index (χ0v) is 22.6. The Balaban J connectivity index is 1.69. The molecule has 2 aromatic heterocycles. The van der Waals surface area contributed by atoms with Crippen LogP contribution in [0.2, 0.25) is 5.02 Å². The Morgan fingerprint density at radius 3 is 2.74 bits per heavy atom. The Labute approximate surface area is 228 Å². The molecule has 1 atom stereocenters. The van der Waals surface area contributed by atoms with E-state index in [1.54, 1.807) is 35.1 Å². The van der Waals surface area contributed by atoms with Gasteiger partial charge < -0.3 is 10.6 Å². The highest BCUT2D eigenvalue weighted by Gasteiger charge is 2.28. The van der Waals surface area contributed by atoms with Crippen molar-refractivity contribution in [3.8, 4) is 6.07 Å². The maximum absolute atomic E-state index is 12.8. The van der Waals surface area contributed by atoms with E-state index in [2.05, 4.69) is 52.8 Å². The third kappa shape index (κ3) is 5.34. The molecule has 0 bridgehead atoms. The SMILES string of the molecule is [2H]C(Nc1cc(C(C)=O)c2ncc(C#N)c(NCC(C)(C)C)c2c1)(c1cn(C2CC2)nn1)c1ccccc1Cl. The summed E-state index contributed by atoms with van der Waals surface area (Å²) in [7, 11) is 0. The van der Waals surface area contributed by atoms with Gasteiger partial charge in [0.1, 0.15) is 11.8 Å². The molecule has 0 amide bonds. The maximum Gasteiger partial charge on any atom is 0.162 e. The van der Waals surface area contributed by atoms with Gasteiger partial charge in [0, 0.05) is 34.4 Å². The first-order valence-electron chi connectivity index (χ1n) is 13.1. The summed E-state index contributed by atoms with van der Waals surface area (Å²) < 4.78 is 11.4. The largest absolute Gasteiger partial charge is 0.383 e. The van der Waals surface area contributed by atoms with Gasteiger partial charge in [0.05, 0.1) is 36.4 Å². The van der Waals surface area contributed by atoms with E-state index in [4.69, 9.17) is 11.6 Å². The van der Waals surface area contributed by atoms with Gasteiger partial charge in [0.2, 0.25) is 0 Å². The van der Waals surface area contributed by atoms with E-state index >= 15 is 0 Å². The molecule has 1 saturated carbocycles. The summed E-state index contributed by atoms with van der Waals surface area (Å²) in [6.07, 6.45) is 5.32. The fraction of sp³-hybridized carbons (Fsp3) is 0.345. The van der Waals surface area contributed by atoms with E-state index in [9.17, 15) is 11.4 Å². The van der Waals surface area contributed by atoms with Crippen molar-refractivity contribution in [1.82, 2.24) is 20.0 Å². The number of carbonyl (C=O) groups is 1. The second-order valence-electron chi connectivity index (χ2n) is 10.8. The molecule has 38 heavy (non-hydrogen) atoms. The zero-order chi connectivity index (χ0) is 27.9. The fourth-order valence-corrected chi connectivity index (χ4v) is 4.49. The van der Waals surface area contributed by atoms with E-state index in [0.717, 1.165) is 12.8 Å². The van der Waals surface area contributed by atoms with Crippen LogP contribution in [-0.2, 0) is 0 Å². The van der Waals surface area contributed by atoms with Crippen LogP contribution in [0, 0.1) is 16.7 Å². The van der Waals surface area contributed by atoms with Crippen molar-refractivity contribution >= 4 is 39.7 Å². The van der Waals surface area contributed by atoms with Gasteiger partial charge in [-0.15, -0.1) is 5.10 Å². The molecule has 0 aliphatic heterocycles. The van der Waals surface area contributed by atoms with Crippen LogP contribution < -0.4 is 10.6 Å². The van der Waals surface area contributed by atoms with E-state index in [1.165, 1.54) is 13.1 Å². The number of nitrogens with zero attached hydrogens (tertiary/aromatic N) is 5. The third-order valence-electron chi connectivity index (χ3n) is 6.37. The summed E-state index contributed by atoms with van der Waals surface area (Å²) >= 11 is 6.61. The summed E-state index contributed by atoms with van der Waals surface area (Å²) in [6, 6.07) is 11.5. The summed E-state index contributed by atoms with van der Waals surface area (Å²) in [5, 5.41) is 26.2. The number of hydrogen-bond donors (Lipinski definition) is 2. The number of Topliss-reactive ketones (excluding diaryl/α,β-unsaturated/α-hetero) is 1. The van der Waals surface area contributed by atoms with Gasteiger partial charge in [-0.3, -0.25) is 9.78 Å². The van der Waals surface area contributed by atoms with E-state index < -0.39 is 6.02 Å². The van der Waals surface area contributed by atoms with Crippen LogP contribution >= 0.6 is 11.6 Å². The molecule has 1 aliphatic rings. The summed E-state index contributed by atoms with van der Waals surface area (Å²) in [5.74, 6) is -0.185. The van der Waals surface area contributed by atoms with E-state index in [-0.39, 0.29) is 11.2 Å². The lowest BCUT2D eigenvalue weighted by Crippen LogP contribution is -2.20. The highest BCUT2D eigenvalue weighted by Crippen LogP contribution is 2.37. The molecule has 0 spiro atoms. The van der Waals surface area contributed by atoms with Gasteiger partial charge >= 0.3 is 0 Å². The second kappa shape index (κ2) is 10.1. The first-order chi connectivity index (χ1) is 18.5. The van der Waals surface area contributed by atoms with Gasteiger partial charge in [0.15, 0.2) is 5.78 Å². The number of rotatable bonds is 8. The van der Waals surface area contributed by atoms with Crippen LogP contribution in [-0.4, -0.2) is 32.3 Å². The molecule has 5 rings (SSSR count). The topological polar surface area (TPSA) is 109 Å². The Morgan fingerprint density at radius 2 is 2.08 bits per heavy atom. The molecule has 2 heterocycles. The molecule has 9 heteroatoms. The maximum atomic E-state index is 12.8. The molecule has 4 aromatic rings. The van der Waals surface area contributed by atoms with Crippen molar-refractivity contribution in [1.29, 1.82) is 5.26 Å². The van der Waals surface area contributed by atoms with Crippen molar-refractivity contribution in [3.05, 3.63) is 76.2 Å². The third-order valence-corrected chi connectivity index (χ3v) is 6.70. The van der Waals surface area contributed by atoms with Gasteiger partial charge in [-0.05, 0) is 48.9 Å². The number of halogens is 1. The monoisotopic (exact) mass is 528 g/mol. The number of anilines is 2. The van der Waals surface area contributed by atoms with Gasteiger partial charge in [-0.2, -0.15) is 5.26 Å². The van der Waals surface area contributed by atoms with Crippen molar-refractivity contribution in [3.63, 3.8) is 0 Å². The number of aromatic nitrogens is 4. The molecule has 2 aromatic carbocycles. The Kier molecular flexibility index (Phi) is 6.46. The van der Waals surface area contributed by atoms with E-state index in [0.29, 0.717) is 62.3 Å². The first-order valence-corrected chi connectivity index (χ1v) is 12.9. The minimum Gasteiger partial charge on any atom is -0.383 e. The van der Waals surface area contributed by atoms with Gasteiger partial charge in [-0.1, -0.05) is 55.8 Å². The molecule has 1 fully saturated rings.